The van der Waals surface area contributed by atoms with Gasteiger partial charge in [0, 0.05) is 30.0 Å². The van der Waals surface area contributed by atoms with Crippen LogP contribution in [-0.4, -0.2) is 36.3 Å². The molecule has 5 heteroatoms. The molecule has 0 unspecified atom stereocenters. The summed E-state index contributed by atoms with van der Waals surface area (Å²) in [6, 6.07) is 15.2. The van der Waals surface area contributed by atoms with Gasteiger partial charge in [-0.15, -0.1) is 0 Å². The van der Waals surface area contributed by atoms with Gasteiger partial charge in [0.1, 0.15) is 0 Å². The molecular formula is C24H31N3O2. The molecular weight excluding hydrogens is 362 g/mol. The van der Waals surface area contributed by atoms with E-state index in [1.54, 1.807) is 6.07 Å². The van der Waals surface area contributed by atoms with Gasteiger partial charge >= 0.3 is 0 Å². The lowest BCUT2D eigenvalue weighted by atomic mass is 9.98. The van der Waals surface area contributed by atoms with Crippen molar-refractivity contribution in [3.8, 4) is 0 Å². The molecule has 2 N–H and O–H groups in total. The van der Waals surface area contributed by atoms with Crippen LogP contribution in [0.1, 0.15) is 55.5 Å². The number of hydrogen-bond acceptors (Lipinski definition) is 3. The van der Waals surface area contributed by atoms with E-state index in [0.717, 1.165) is 31.6 Å². The number of anilines is 2. The molecule has 0 aliphatic carbocycles. The van der Waals surface area contributed by atoms with Gasteiger partial charge in [-0.2, -0.15) is 0 Å². The summed E-state index contributed by atoms with van der Waals surface area (Å²) in [7, 11) is 0. The monoisotopic (exact) mass is 393 g/mol. The van der Waals surface area contributed by atoms with Gasteiger partial charge in [-0.1, -0.05) is 45.0 Å². The van der Waals surface area contributed by atoms with Crippen LogP contribution in [0.5, 0.6) is 0 Å². The quantitative estimate of drug-likeness (QED) is 0.746. The SMILES string of the molecule is CC1CCN(C(=O)c2cccc(NC(=O)CNc3ccccc3C(C)C)c2)CC1. The zero-order chi connectivity index (χ0) is 20.8. The Morgan fingerprint density at radius 2 is 1.79 bits per heavy atom. The zero-order valence-corrected chi connectivity index (χ0v) is 17.6. The van der Waals surface area contributed by atoms with Crippen molar-refractivity contribution in [2.24, 2.45) is 5.92 Å². The number of amides is 2. The second-order valence-corrected chi connectivity index (χ2v) is 8.20. The van der Waals surface area contributed by atoms with Gasteiger partial charge in [0.15, 0.2) is 0 Å². The molecule has 1 saturated heterocycles. The molecule has 0 radical (unpaired) electrons. The number of benzene rings is 2. The summed E-state index contributed by atoms with van der Waals surface area (Å²) < 4.78 is 0. The van der Waals surface area contributed by atoms with Crippen molar-refractivity contribution < 1.29 is 9.59 Å². The molecule has 2 amide bonds. The molecule has 2 aromatic rings. The third-order valence-electron chi connectivity index (χ3n) is 5.49. The molecule has 1 aliphatic rings. The molecule has 29 heavy (non-hydrogen) atoms. The minimum atomic E-state index is -0.139. The first-order valence-corrected chi connectivity index (χ1v) is 10.5. The Balaban J connectivity index is 1.59. The van der Waals surface area contributed by atoms with Crippen LogP contribution in [0.4, 0.5) is 11.4 Å². The fraction of sp³-hybridized carbons (Fsp3) is 0.417. The number of para-hydroxylation sites is 1. The Kier molecular flexibility index (Phi) is 6.91. The van der Waals surface area contributed by atoms with E-state index in [0.29, 0.717) is 23.1 Å². The topological polar surface area (TPSA) is 61.4 Å². The standard InChI is InChI=1S/C24H31N3O2/c1-17(2)21-9-4-5-10-22(21)25-16-23(28)26-20-8-6-7-19(15-20)24(29)27-13-11-18(3)12-14-27/h4-10,15,17-18,25H,11-14,16H2,1-3H3,(H,26,28). The predicted octanol–water partition coefficient (Wildman–Crippen LogP) is 4.73. The van der Waals surface area contributed by atoms with Crippen molar-refractivity contribution in [2.75, 3.05) is 30.3 Å². The van der Waals surface area contributed by atoms with E-state index >= 15 is 0 Å². The Hall–Kier alpha value is -2.82. The van der Waals surface area contributed by atoms with Crippen LogP contribution in [-0.2, 0) is 4.79 Å². The summed E-state index contributed by atoms with van der Waals surface area (Å²) in [5.74, 6) is 0.956. The fourth-order valence-electron chi connectivity index (χ4n) is 3.67. The molecule has 0 aromatic heterocycles. The van der Waals surface area contributed by atoms with Crippen molar-refractivity contribution in [3.63, 3.8) is 0 Å². The molecule has 1 fully saturated rings. The highest BCUT2D eigenvalue weighted by molar-refractivity contribution is 5.98. The second kappa shape index (κ2) is 9.59. The van der Waals surface area contributed by atoms with Crippen molar-refractivity contribution in [1.82, 2.24) is 4.90 Å². The second-order valence-electron chi connectivity index (χ2n) is 8.20. The normalized spacial score (nSPS) is 14.7. The summed E-state index contributed by atoms with van der Waals surface area (Å²) in [5.41, 5.74) is 3.42. The number of nitrogens with zero attached hydrogens (tertiary/aromatic N) is 1. The van der Waals surface area contributed by atoms with Crippen LogP contribution in [0.25, 0.3) is 0 Å². The van der Waals surface area contributed by atoms with Gasteiger partial charge < -0.3 is 15.5 Å². The molecule has 0 spiro atoms. The van der Waals surface area contributed by atoms with Gasteiger partial charge in [-0.25, -0.2) is 0 Å². The Morgan fingerprint density at radius 1 is 1.07 bits per heavy atom. The Bertz CT molecular complexity index is 855. The zero-order valence-electron chi connectivity index (χ0n) is 17.6. The number of carbonyl (C=O) groups is 2. The molecule has 0 bridgehead atoms. The number of carbonyl (C=O) groups excluding carboxylic acids is 2. The number of likely N-dealkylation sites (tertiary alicyclic amines) is 1. The van der Waals surface area contributed by atoms with Gasteiger partial charge in [-0.05, 0) is 54.5 Å². The van der Waals surface area contributed by atoms with Crippen LogP contribution >= 0.6 is 0 Å². The number of nitrogens with one attached hydrogen (secondary N) is 2. The molecule has 5 nitrogen and oxygen atoms in total. The minimum absolute atomic E-state index is 0.0389. The molecule has 1 aliphatic heterocycles. The summed E-state index contributed by atoms with van der Waals surface area (Å²) >= 11 is 0. The largest absolute Gasteiger partial charge is 0.376 e. The Morgan fingerprint density at radius 3 is 2.52 bits per heavy atom. The lowest BCUT2D eigenvalue weighted by molar-refractivity contribution is -0.114. The number of piperidine rings is 1. The van der Waals surface area contributed by atoms with Crippen LogP contribution in [0.15, 0.2) is 48.5 Å². The van der Waals surface area contributed by atoms with Crippen molar-refractivity contribution in [2.45, 2.75) is 39.5 Å². The highest BCUT2D eigenvalue weighted by Gasteiger charge is 2.21. The smallest absolute Gasteiger partial charge is 0.253 e. The van der Waals surface area contributed by atoms with E-state index in [2.05, 4.69) is 37.5 Å². The first-order valence-electron chi connectivity index (χ1n) is 10.5. The first kappa shape index (κ1) is 20.9. The predicted molar refractivity (Wildman–Crippen MR) is 118 cm³/mol. The molecule has 0 atom stereocenters. The average Bonchev–Trinajstić information content (AvgIpc) is 2.72. The van der Waals surface area contributed by atoms with Crippen molar-refractivity contribution in [1.29, 1.82) is 0 Å². The van der Waals surface area contributed by atoms with E-state index in [1.807, 2.05) is 41.3 Å². The van der Waals surface area contributed by atoms with Crippen LogP contribution in [0.2, 0.25) is 0 Å². The van der Waals surface area contributed by atoms with Crippen LogP contribution in [0, 0.1) is 5.92 Å². The third-order valence-corrected chi connectivity index (χ3v) is 5.49. The van der Waals surface area contributed by atoms with Crippen molar-refractivity contribution >= 4 is 23.2 Å². The van der Waals surface area contributed by atoms with Gasteiger partial charge in [0.25, 0.3) is 5.91 Å². The number of rotatable bonds is 6. The lowest BCUT2D eigenvalue weighted by Crippen LogP contribution is -2.37. The van der Waals surface area contributed by atoms with E-state index in [1.165, 1.54) is 5.56 Å². The molecule has 2 aromatic carbocycles. The maximum Gasteiger partial charge on any atom is 0.253 e. The summed E-state index contributed by atoms with van der Waals surface area (Å²) in [6.07, 6.45) is 2.09. The maximum atomic E-state index is 12.8. The van der Waals surface area contributed by atoms with Gasteiger partial charge in [0.2, 0.25) is 5.91 Å². The molecule has 1 heterocycles. The molecule has 154 valence electrons. The Labute approximate surface area is 173 Å². The maximum absolute atomic E-state index is 12.8. The third kappa shape index (κ3) is 5.59. The molecule has 0 saturated carbocycles. The average molecular weight is 394 g/mol. The summed E-state index contributed by atoms with van der Waals surface area (Å²) in [6.45, 7) is 8.27. The molecule has 3 rings (SSSR count). The summed E-state index contributed by atoms with van der Waals surface area (Å²) in [4.78, 5) is 27.1. The van der Waals surface area contributed by atoms with Gasteiger partial charge in [0.05, 0.1) is 6.54 Å². The van der Waals surface area contributed by atoms with E-state index in [9.17, 15) is 9.59 Å². The van der Waals surface area contributed by atoms with E-state index in [4.69, 9.17) is 0 Å². The fourth-order valence-corrected chi connectivity index (χ4v) is 3.67. The lowest BCUT2D eigenvalue weighted by Gasteiger charge is -2.30. The van der Waals surface area contributed by atoms with Crippen LogP contribution < -0.4 is 10.6 Å². The van der Waals surface area contributed by atoms with E-state index < -0.39 is 0 Å². The van der Waals surface area contributed by atoms with E-state index in [-0.39, 0.29) is 18.4 Å². The summed E-state index contributed by atoms with van der Waals surface area (Å²) in [5, 5.41) is 6.11. The van der Waals surface area contributed by atoms with Crippen LogP contribution in [0.3, 0.4) is 0 Å². The van der Waals surface area contributed by atoms with Gasteiger partial charge in [-0.3, -0.25) is 9.59 Å². The minimum Gasteiger partial charge on any atom is -0.376 e. The highest BCUT2D eigenvalue weighted by Crippen LogP contribution is 2.23. The van der Waals surface area contributed by atoms with Crippen molar-refractivity contribution in [3.05, 3.63) is 59.7 Å². The first-order chi connectivity index (χ1) is 13.9. The highest BCUT2D eigenvalue weighted by atomic mass is 16.2. The number of hydrogen-bond donors (Lipinski definition) is 2.